The lowest BCUT2D eigenvalue weighted by Crippen LogP contribution is -2.45. The molecule has 0 unspecified atom stereocenters. The molecular weight excluding hydrogens is 351 g/mol. The van der Waals surface area contributed by atoms with Crippen LogP contribution in [0.1, 0.15) is 74.7 Å². The Balaban J connectivity index is 1.53. The van der Waals surface area contributed by atoms with E-state index in [1.165, 1.54) is 50.2 Å². The Morgan fingerprint density at radius 2 is 1.64 bits per heavy atom. The average molecular weight is 381 g/mol. The molecule has 2 aromatic carbocycles. The predicted molar refractivity (Wildman–Crippen MR) is 110 cm³/mol. The quantitative estimate of drug-likeness (QED) is 0.519. The summed E-state index contributed by atoms with van der Waals surface area (Å²) in [6, 6.07) is 12.7. The molecule has 0 saturated heterocycles. The highest BCUT2D eigenvalue weighted by molar-refractivity contribution is 5.95. The second-order valence-electron chi connectivity index (χ2n) is 8.59. The molecule has 0 heterocycles. The Labute approximate surface area is 167 Å². The van der Waals surface area contributed by atoms with Crippen LogP contribution in [0, 0.1) is 17.7 Å². The molecule has 148 valence electrons. The maximum Gasteiger partial charge on any atom is 0.166 e. The molecule has 2 aliphatic carbocycles. The van der Waals surface area contributed by atoms with Crippen LogP contribution >= 0.6 is 0 Å². The third-order valence-corrected chi connectivity index (χ3v) is 7.19. The highest BCUT2D eigenvalue weighted by Crippen LogP contribution is 2.54. The number of carbonyl (C=O) groups is 1. The highest BCUT2D eigenvalue weighted by atomic mass is 19.1. The normalized spacial score (nSPS) is 26.7. The molecule has 4 rings (SSSR count). The molecule has 2 saturated carbocycles. The van der Waals surface area contributed by atoms with Gasteiger partial charge in [0.05, 0.1) is 0 Å². The Morgan fingerprint density at radius 1 is 1.04 bits per heavy atom. The molecule has 0 aliphatic heterocycles. The van der Waals surface area contributed by atoms with Gasteiger partial charge < -0.3 is 4.74 Å². The minimum atomic E-state index is -0.503. The topological polar surface area (TPSA) is 26.3 Å². The van der Waals surface area contributed by atoms with Gasteiger partial charge in [0.25, 0.3) is 0 Å². The van der Waals surface area contributed by atoms with E-state index in [0.717, 1.165) is 11.8 Å². The lowest BCUT2D eigenvalue weighted by molar-refractivity contribution is 0.0666. The summed E-state index contributed by atoms with van der Waals surface area (Å²) in [4.78, 5) is 11.7. The van der Waals surface area contributed by atoms with E-state index in [1.54, 1.807) is 19.1 Å². The summed E-state index contributed by atoms with van der Waals surface area (Å²) in [6.45, 7) is 4.22. The molecule has 2 aromatic rings. The van der Waals surface area contributed by atoms with Gasteiger partial charge in [-0.3, -0.25) is 4.79 Å². The number of fused-ring (bicyclic) bond motifs is 2. The van der Waals surface area contributed by atoms with Gasteiger partial charge >= 0.3 is 0 Å². The molecule has 0 spiro atoms. The van der Waals surface area contributed by atoms with Crippen LogP contribution in [0.3, 0.4) is 0 Å². The summed E-state index contributed by atoms with van der Waals surface area (Å²) < 4.78 is 20.1. The molecule has 0 N–H and O–H groups in total. The number of halogens is 1. The average Bonchev–Trinajstić information content (AvgIpc) is 2.69. The van der Waals surface area contributed by atoms with Crippen molar-refractivity contribution in [1.29, 1.82) is 0 Å². The summed E-state index contributed by atoms with van der Waals surface area (Å²) in [5.41, 5.74) is 2.03. The van der Waals surface area contributed by atoms with Gasteiger partial charge in [-0.15, -0.1) is 0 Å². The monoisotopic (exact) mass is 380 g/mol. The van der Waals surface area contributed by atoms with Gasteiger partial charge in [0, 0.05) is 12.0 Å². The molecule has 0 atom stereocenters. The maximum atomic E-state index is 14.3. The SMILES string of the molecule is CCC(=O)c1ccc(Oc2ccc(C3(C)C4CCCC3CCC4)cc2)c(F)c1. The first kappa shape index (κ1) is 19.2. The molecule has 0 radical (unpaired) electrons. The largest absolute Gasteiger partial charge is 0.454 e. The van der Waals surface area contributed by atoms with Gasteiger partial charge in [0.2, 0.25) is 0 Å². The fourth-order valence-electron chi connectivity index (χ4n) is 5.48. The number of rotatable bonds is 5. The van der Waals surface area contributed by atoms with Crippen molar-refractivity contribution in [2.45, 2.75) is 64.2 Å². The summed E-state index contributed by atoms with van der Waals surface area (Å²) in [5.74, 6) is 1.75. The second kappa shape index (κ2) is 7.69. The van der Waals surface area contributed by atoms with Crippen molar-refractivity contribution in [2.24, 2.45) is 11.8 Å². The van der Waals surface area contributed by atoms with Crippen molar-refractivity contribution in [3.63, 3.8) is 0 Å². The Kier molecular flexibility index (Phi) is 5.27. The van der Waals surface area contributed by atoms with Crippen LogP contribution in [0.25, 0.3) is 0 Å². The van der Waals surface area contributed by atoms with Crippen molar-refractivity contribution in [1.82, 2.24) is 0 Å². The van der Waals surface area contributed by atoms with Gasteiger partial charge in [-0.05, 0) is 78.8 Å². The van der Waals surface area contributed by atoms with Crippen molar-refractivity contribution < 1.29 is 13.9 Å². The molecule has 28 heavy (non-hydrogen) atoms. The highest BCUT2D eigenvalue weighted by Gasteiger charge is 2.46. The molecule has 2 nitrogen and oxygen atoms in total. The standard InChI is InChI=1S/C25H29FO2/c1-3-23(27)17-10-15-24(22(26)16-17)28-21-13-11-20(12-14-21)25(2)18-6-4-7-19(25)9-5-8-18/h10-16,18-19H,3-9H2,1-2H3. The Morgan fingerprint density at radius 3 is 2.18 bits per heavy atom. The Bertz CT molecular complexity index is 833. The minimum absolute atomic E-state index is 0.0684. The summed E-state index contributed by atoms with van der Waals surface area (Å²) >= 11 is 0. The molecule has 2 bridgehead atoms. The van der Waals surface area contributed by atoms with Gasteiger partial charge in [-0.1, -0.05) is 38.8 Å². The first-order valence-corrected chi connectivity index (χ1v) is 10.6. The first-order valence-electron chi connectivity index (χ1n) is 10.6. The zero-order valence-electron chi connectivity index (χ0n) is 16.8. The maximum absolute atomic E-state index is 14.3. The summed E-state index contributed by atoms with van der Waals surface area (Å²) in [5, 5.41) is 0. The van der Waals surface area contributed by atoms with E-state index in [9.17, 15) is 9.18 Å². The van der Waals surface area contributed by atoms with Crippen LogP contribution in [0.15, 0.2) is 42.5 Å². The fourth-order valence-corrected chi connectivity index (χ4v) is 5.48. The number of hydrogen-bond acceptors (Lipinski definition) is 2. The second-order valence-corrected chi connectivity index (χ2v) is 8.59. The zero-order valence-corrected chi connectivity index (χ0v) is 16.8. The van der Waals surface area contributed by atoms with E-state index in [0.29, 0.717) is 17.7 Å². The lowest BCUT2D eigenvalue weighted by Gasteiger charge is -2.52. The fraction of sp³-hybridized carbons (Fsp3) is 0.480. The van der Waals surface area contributed by atoms with Crippen LogP contribution in [0.2, 0.25) is 0 Å². The minimum Gasteiger partial charge on any atom is -0.454 e. The molecule has 0 amide bonds. The van der Waals surface area contributed by atoms with Gasteiger partial charge in [0.15, 0.2) is 17.3 Å². The van der Waals surface area contributed by atoms with Crippen molar-refractivity contribution in [3.05, 3.63) is 59.4 Å². The summed E-state index contributed by atoms with van der Waals surface area (Å²) in [7, 11) is 0. The number of hydrogen-bond donors (Lipinski definition) is 0. The van der Waals surface area contributed by atoms with Crippen LogP contribution in [0.5, 0.6) is 11.5 Å². The molecule has 2 aliphatic rings. The summed E-state index contributed by atoms with van der Waals surface area (Å²) in [6.07, 6.45) is 8.42. The number of ether oxygens (including phenoxy) is 1. The zero-order chi connectivity index (χ0) is 19.7. The third-order valence-electron chi connectivity index (χ3n) is 7.19. The van der Waals surface area contributed by atoms with Crippen molar-refractivity contribution in [3.8, 4) is 11.5 Å². The number of benzene rings is 2. The van der Waals surface area contributed by atoms with Crippen LogP contribution in [-0.2, 0) is 5.41 Å². The van der Waals surface area contributed by atoms with E-state index in [4.69, 9.17) is 4.74 Å². The van der Waals surface area contributed by atoms with Crippen LogP contribution in [-0.4, -0.2) is 5.78 Å². The smallest absolute Gasteiger partial charge is 0.166 e. The van der Waals surface area contributed by atoms with E-state index in [-0.39, 0.29) is 16.9 Å². The van der Waals surface area contributed by atoms with Crippen LogP contribution in [0.4, 0.5) is 4.39 Å². The van der Waals surface area contributed by atoms with E-state index >= 15 is 0 Å². The molecule has 0 aromatic heterocycles. The van der Waals surface area contributed by atoms with Gasteiger partial charge in [-0.25, -0.2) is 4.39 Å². The van der Waals surface area contributed by atoms with Crippen molar-refractivity contribution >= 4 is 5.78 Å². The van der Waals surface area contributed by atoms with Crippen molar-refractivity contribution in [2.75, 3.05) is 0 Å². The molecule has 3 heteroatoms. The number of Topliss-reactive ketones (excluding diaryl/α,β-unsaturated/α-hetero) is 1. The van der Waals surface area contributed by atoms with Gasteiger partial charge in [0.1, 0.15) is 5.75 Å². The van der Waals surface area contributed by atoms with E-state index in [1.807, 2.05) is 12.1 Å². The number of carbonyl (C=O) groups excluding carboxylic acids is 1. The first-order chi connectivity index (χ1) is 13.5. The third kappa shape index (κ3) is 3.36. The number of ketones is 1. The van der Waals surface area contributed by atoms with E-state index in [2.05, 4.69) is 19.1 Å². The van der Waals surface area contributed by atoms with E-state index < -0.39 is 5.82 Å². The molecule has 2 fully saturated rings. The van der Waals surface area contributed by atoms with Gasteiger partial charge in [-0.2, -0.15) is 0 Å². The Hall–Kier alpha value is -2.16. The molecular formula is C25H29FO2. The lowest BCUT2D eigenvalue weighted by atomic mass is 9.53. The van der Waals surface area contributed by atoms with Crippen LogP contribution < -0.4 is 4.74 Å². The predicted octanol–water partition coefficient (Wildman–Crippen LogP) is 7.07.